The van der Waals surface area contributed by atoms with E-state index < -0.39 is 48.4 Å². The van der Waals surface area contributed by atoms with Crippen LogP contribution in [0, 0.1) is 23.7 Å². The number of hydrogen-bond donors (Lipinski definition) is 3. The lowest BCUT2D eigenvalue weighted by Crippen LogP contribution is -2.62. The third kappa shape index (κ3) is 11.2. The molecule has 1 saturated heterocycles. The topological polar surface area (TPSA) is 141 Å². The summed E-state index contributed by atoms with van der Waals surface area (Å²) in [6.45, 7) is 15.9. The van der Waals surface area contributed by atoms with Crippen LogP contribution >= 0.6 is 0 Å². The van der Waals surface area contributed by atoms with Gasteiger partial charge in [0, 0.05) is 27.8 Å². The number of carbonyl (C=O) groups excluding carboxylic acids is 4. The summed E-state index contributed by atoms with van der Waals surface area (Å²) < 4.78 is 11.8. The number of hydrogen-bond acceptors (Lipinski definition) is 8. The Morgan fingerprint density at radius 2 is 1.51 bits per heavy atom. The Bertz CT molecular complexity index is 1250. The summed E-state index contributed by atoms with van der Waals surface area (Å²) in [4.78, 5) is 60.1. The minimum atomic E-state index is -0.873. The fourth-order valence-electron chi connectivity index (χ4n) is 7.40. The first kappa shape index (κ1) is 44.1. The molecular weight excluding hydrogens is 650 g/mol. The lowest BCUT2D eigenvalue weighted by atomic mass is 9.86. The van der Waals surface area contributed by atoms with Gasteiger partial charge in [-0.25, -0.2) is 0 Å². The Morgan fingerprint density at radius 1 is 0.902 bits per heavy atom. The minimum Gasteiger partial charge on any atom is -0.386 e. The summed E-state index contributed by atoms with van der Waals surface area (Å²) in [6.07, 6.45) is -0.597. The molecule has 10 atom stereocenters. The fraction of sp³-hybridized carbons (Fsp3) is 0.744. The van der Waals surface area contributed by atoms with Crippen molar-refractivity contribution in [3.8, 4) is 0 Å². The van der Waals surface area contributed by atoms with Crippen LogP contribution in [-0.4, -0.2) is 128 Å². The summed E-state index contributed by atoms with van der Waals surface area (Å²) in [5.41, 5.74) is 0.710. The zero-order valence-corrected chi connectivity index (χ0v) is 33.4. The molecule has 290 valence electrons. The van der Waals surface area contributed by atoms with Crippen LogP contribution < -0.4 is 10.6 Å². The van der Waals surface area contributed by atoms with E-state index in [4.69, 9.17) is 9.47 Å². The highest BCUT2D eigenvalue weighted by atomic mass is 16.5. The molecule has 51 heavy (non-hydrogen) atoms. The monoisotopic (exact) mass is 718 g/mol. The molecule has 12 nitrogen and oxygen atoms in total. The van der Waals surface area contributed by atoms with Gasteiger partial charge >= 0.3 is 0 Å². The number of likely N-dealkylation sites (tertiary alicyclic amines) is 1. The fourth-order valence-corrected chi connectivity index (χ4v) is 7.40. The second-order valence-corrected chi connectivity index (χ2v) is 15.3. The predicted octanol–water partition coefficient (Wildman–Crippen LogP) is 3.48. The van der Waals surface area contributed by atoms with Crippen molar-refractivity contribution >= 4 is 23.6 Å². The number of ether oxygens (including phenoxy) is 2. The largest absolute Gasteiger partial charge is 0.386 e. The smallest absolute Gasteiger partial charge is 0.245 e. The molecule has 1 aliphatic heterocycles. The van der Waals surface area contributed by atoms with Crippen LogP contribution in [0.5, 0.6) is 0 Å². The van der Waals surface area contributed by atoms with E-state index in [1.165, 1.54) is 0 Å². The van der Waals surface area contributed by atoms with Crippen molar-refractivity contribution < 1.29 is 33.8 Å². The van der Waals surface area contributed by atoms with Gasteiger partial charge in [-0.1, -0.05) is 85.2 Å². The van der Waals surface area contributed by atoms with E-state index in [0.29, 0.717) is 18.5 Å². The maximum Gasteiger partial charge on any atom is 0.245 e. The van der Waals surface area contributed by atoms with Gasteiger partial charge in [-0.3, -0.25) is 24.1 Å². The van der Waals surface area contributed by atoms with Gasteiger partial charge in [0.2, 0.25) is 23.6 Å². The number of benzene rings is 1. The molecule has 2 rings (SSSR count). The van der Waals surface area contributed by atoms with Gasteiger partial charge in [-0.15, -0.1) is 0 Å². The third-order valence-electron chi connectivity index (χ3n) is 10.7. The molecular formula is C39H67N5O7. The molecule has 3 N–H and O–H groups in total. The molecule has 0 saturated carbocycles. The van der Waals surface area contributed by atoms with E-state index in [9.17, 15) is 24.3 Å². The number of methoxy groups -OCH3 is 2. The number of nitrogens with zero attached hydrogens (tertiary/aromatic N) is 3. The normalized spacial score (nSPS) is 20.0. The second-order valence-electron chi connectivity index (χ2n) is 15.3. The van der Waals surface area contributed by atoms with Gasteiger partial charge in [-0.2, -0.15) is 0 Å². The Hall–Kier alpha value is -3.06. The molecule has 0 aromatic heterocycles. The Balaban J connectivity index is 2.20. The van der Waals surface area contributed by atoms with Crippen LogP contribution in [0.4, 0.5) is 0 Å². The van der Waals surface area contributed by atoms with Crippen molar-refractivity contribution in [1.29, 1.82) is 0 Å². The van der Waals surface area contributed by atoms with Gasteiger partial charge in [0.25, 0.3) is 0 Å². The summed E-state index contributed by atoms with van der Waals surface area (Å²) in [5.74, 6) is -1.57. The van der Waals surface area contributed by atoms with Crippen LogP contribution in [-0.2, 0) is 28.7 Å². The van der Waals surface area contributed by atoms with Crippen molar-refractivity contribution in [2.24, 2.45) is 23.7 Å². The van der Waals surface area contributed by atoms with E-state index in [2.05, 4.69) is 10.6 Å². The lowest BCUT2D eigenvalue weighted by molar-refractivity contribution is -0.156. The molecule has 1 aliphatic rings. The van der Waals surface area contributed by atoms with E-state index >= 15 is 0 Å². The van der Waals surface area contributed by atoms with Crippen LogP contribution in [0.15, 0.2) is 30.3 Å². The van der Waals surface area contributed by atoms with Crippen molar-refractivity contribution in [1.82, 2.24) is 25.3 Å². The van der Waals surface area contributed by atoms with E-state index in [0.717, 1.165) is 6.42 Å². The summed E-state index contributed by atoms with van der Waals surface area (Å²) >= 11 is 0. The molecule has 0 aliphatic carbocycles. The Labute approximate surface area is 307 Å². The Morgan fingerprint density at radius 3 is 1.96 bits per heavy atom. The van der Waals surface area contributed by atoms with Gasteiger partial charge in [0.1, 0.15) is 6.04 Å². The van der Waals surface area contributed by atoms with Crippen LogP contribution in [0.25, 0.3) is 0 Å². The lowest BCUT2D eigenvalue weighted by Gasteiger charge is -2.47. The number of aliphatic hydroxyl groups is 1. The van der Waals surface area contributed by atoms with Crippen molar-refractivity contribution in [2.45, 2.75) is 123 Å². The molecule has 1 fully saturated rings. The zero-order valence-electron chi connectivity index (χ0n) is 33.4. The van der Waals surface area contributed by atoms with E-state index in [-0.39, 0.29) is 53.8 Å². The number of carbonyl (C=O) groups is 4. The highest BCUT2D eigenvalue weighted by Gasteiger charge is 2.45. The number of rotatable bonds is 20. The summed E-state index contributed by atoms with van der Waals surface area (Å²) in [5, 5.41) is 16.7. The average Bonchev–Trinajstić information content (AvgIpc) is 3.06. The molecule has 0 bridgehead atoms. The number of nitrogens with one attached hydrogen (secondary N) is 2. The quantitative estimate of drug-likeness (QED) is 0.186. The molecule has 0 spiro atoms. The zero-order chi connectivity index (χ0) is 38.7. The van der Waals surface area contributed by atoms with Crippen molar-refractivity contribution in [3.63, 3.8) is 0 Å². The number of aliphatic hydroxyl groups excluding tert-OH is 1. The SMILES string of the molecule is CCC(C)[C@@H]([C@@H](CC(=O)N1CC[C@H]1[C@H](OC)[C@@H](C)C(=O)N[C@H](C)[C@@H](O)c1ccccc1)OC)N(C)C(=O)[C@@H](NC(=O)[C@H](C(C)C)N(C)C)C(C)C. The van der Waals surface area contributed by atoms with Crippen molar-refractivity contribution in [3.05, 3.63) is 35.9 Å². The maximum absolute atomic E-state index is 14.1. The third-order valence-corrected chi connectivity index (χ3v) is 10.7. The standard InChI is InChI=1S/C39H67N5O7/c1-14-25(6)34(43(11)39(49)32(23(2)3)41-38(48)33(24(4)5)42(9)10)30(50-12)22-31(45)44-21-20-29(44)36(51-13)26(7)37(47)40-27(8)35(46)28-18-16-15-17-19-28/h15-19,23-27,29-30,32-36,46H,14,20-22H2,1-13H3,(H,40,47)(H,41,48)/t25?,26-,27-,29+,30-,32+,33+,34+,35-,36-/m1/s1. The Kier molecular flexibility index (Phi) is 17.5. The summed E-state index contributed by atoms with van der Waals surface area (Å²) in [6, 6.07) is 6.73. The molecule has 4 amide bonds. The second kappa shape index (κ2) is 20.3. The number of likely N-dealkylation sites (N-methyl/N-ethyl adjacent to an activating group) is 2. The minimum absolute atomic E-state index is 0.0127. The maximum atomic E-state index is 14.1. The van der Waals surface area contributed by atoms with Gasteiger partial charge in [0.15, 0.2) is 0 Å². The van der Waals surface area contributed by atoms with Gasteiger partial charge in [0.05, 0.1) is 54.8 Å². The number of amides is 4. The van der Waals surface area contributed by atoms with E-state index in [1.807, 2.05) is 90.9 Å². The predicted molar refractivity (Wildman–Crippen MR) is 200 cm³/mol. The first-order valence-electron chi connectivity index (χ1n) is 18.5. The van der Waals surface area contributed by atoms with E-state index in [1.54, 1.807) is 44.9 Å². The van der Waals surface area contributed by atoms with Crippen LogP contribution in [0.1, 0.15) is 86.3 Å². The van der Waals surface area contributed by atoms with Crippen LogP contribution in [0.3, 0.4) is 0 Å². The molecule has 1 aromatic rings. The van der Waals surface area contributed by atoms with Gasteiger partial charge in [-0.05, 0) is 50.8 Å². The van der Waals surface area contributed by atoms with Crippen molar-refractivity contribution in [2.75, 3.05) is 41.9 Å². The van der Waals surface area contributed by atoms with Gasteiger partial charge < -0.3 is 35.0 Å². The van der Waals surface area contributed by atoms with Crippen LogP contribution in [0.2, 0.25) is 0 Å². The summed E-state index contributed by atoms with van der Waals surface area (Å²) in [7, 11) is 8.54. The molecule has 1 unspecified atom stereocenters. The molecule has 1 aromatic carbocycles. The average molecular weight is 718 g/mol. The first-order valence-corrected chi connectivity index (χ1v) is 18.5. The molecule has 0 radical (unpaired) electrons. The molecule has 12 heteroatoms. The first-order chi connectivity index (χ1) is 23.9. The molecule has 1 heterocycles. The highest BCUT2D eigenvalue weighted by molar-refractivity contribution is 5.90. The highest BCUT2D eigenvalue weighted by Crippen LogP contribution is 2.30.